The van der Waals surface area contributed by atoms with Gasteiger partial charge in [-0.2, -0.15) is 4.99 Å². The largest absolute Gasteiger partial charge is 0.305 e. The second-order valence-corrected chi connectivity index (χ2v) is 8.39. The van der Waals surface area contributed by atoms with Gasteiger partial charge in [0.2, 0.25) is 0 Å². The van der Waals surface area contributed by atoms with Crippen LogP contribution < -0.4 is 4.80 Å². The molecular weight excluding hydrogens is 376 g/mol. The van der Waals surface area contributed by atoms with Gasteiger partial charge in [0, 0.05) is 10.9 Å². The Morgan fingerprint density at radius 1 is 1.07 bits per heavy atom. The Hall–Kier alpha value is -3.16. The summed E-state index contributed by atoms with van der Waals surface area (Å²) in [7, 11) is 0. The van der Waals surface area contributed by atoms with E-state index in [-0.39, 0.29) is 5.91 Å². The summed E-state index contributed by atoms with van der Waals surface area (Å²) in [6.45, 7) is 0.384. The fourth-order valence-corrected chi connectivity index (χ4v) is 5.31. The molecular formula is C25H20N2OS. The maximum absolute atomic E-state index is 13.0. The molecule has 4 heteroatoms. The summed E-state index contributed by atoms with van der Waals surface area (Å²) in [6.07, 6.45) is 10.2. The summed E-state index contributed by atoms with van der Waals surface area (Å²) in [5.41, 5.74) is 4.32. The minimum absolute atomic E-state index is 0.208. The second-order valence-electron chi connectivity index (χ2n) is 7.42. The van der Waals surface area contributed by atoms with Crippen LogP contribution in [0, 0.1) is 12.3 Å². The van der Waals surface area contributed by atoms with Crippen LogP contribution in [0.25, 0.3) is 21.0 Å². The molecule has 0 unspecified atom stereocenters. The lowest BCUT2D eigenvalue weighted by Gasteiger charge is -2.15. The number of amides is 1. The lowest BCUT2D eigenvalue weighted by Crippen LogP contribution is -2.16. The number of hydrogen-bond acceptors (Lipinski definition) is 2. The van der Waals surface area contributed by atoms with Gasteiger partial charge < -0.3 is 4.57 Å². The number of aromatic nitrogens is 1. The fraction of sp³-hybridized carbons (Fsp3) is 0.200. The molecule has 0 aliphatic heterocycles. The molecule has 0 saturated carbocycles. The quantitative estimate of drug-likeness (QED) is 0.434. The molecule has 1 aliphatic rings. The van der Waals surface area contributed by atoms with Crippen LogP contribution in [0.5, 0.6) is 0 Å². The molecule has 0 atom stereocenters. The van der Waals surface area contributed by atoms with Crippen LogP contribution >= 0.6 is 11.3 Å². The van der Waals surface area contributed by atoms with Crippen molar-refractivity contribution in [2.24, 2.45) is 4.99 Å². The van der Waals surface area contributed by atoms with E-state index in [9.17, 15) is 4.79 Å². The van der Waals surface area contributed by atoms with E-state index >= 15 is 0 Å². The molecule has 0 radical (unpaired) electrons. The number of aryl methyl sites for hydroxylation is 2. The SMILES string of the molecule is C#CCn1c(=NC(=O)c2ccc3c(c2)CCCC3)sc2c3ccccc3ccc21. The molecule has 1 amide bonds. The van der Waals surface area contributed by atoms with Gasteiger partial charge in [0.15, 0.2) is 4.80 Å². The van der Waals surface area contributed by atoms with E-state index in [1.165, 1.54) is 40.7 Å². The molecule has 3 nitrogen and oxygen atoms in total. The maximum Gasteiger partial charge on any atom is 0.279 e. The van der Waals surface area contributed by atoms with Gasteiger partial charge in [-0.3, -0.25) is 4.79 Å². The van der Waals surface area contributed by atoms with Gasteiger partial charge in [-0.05, 0) is 60.4 Å². The molecule has 4 aromatic rings. The van der Waals surface area contributed by atoms with Gasteiger partial charge in [-0.15, -0.1) is 6.42 Å². The first-order valence-corrected chi connectivity index (χ1v) is 10.7. The molecule has 0 fully saturated rings. The van der Waals surface area contributed by atoms with Crippen molar-refractivity contribution >= 4 is 38.2 Å². The minimum atomic E-state index is -0.208. The van der Waals surface area contributed by atoms with Crippen molar-refractivity contribution in [2.75, 3.05) is 0 Å². The standard InChI is InChI=1S/C25H20N2OS/c1-2-15-27-22-14-13-18-8-5-6-10-21(18)23(22)29-25(27)26-24(28)20-12-11-17-7-3-4-9-19(17)16-20/h1,5-6,8,10-14,16H,3-4,7,9,15H2. The van der Waals surface area contributed by atoms with E-state index < -0.39 is 0 Å². The van der Waals surface area contributed by atoms with Gasteiger partial charge >= 0.3 is 0 Å². The highest BCUT2D eigenvalue weighted by Gasteiger charge is 2.14. The molecule has 29 heavy (non-hydrogen) atoms. The first-order chi connectivity index (χ1) is 14.2. The lowest BCUT2D eigenvalue weighted by atomic mass is 9.90. The Morgan fingerprint density at radius 2 is 1.90 bits per heavy atom. The molecule has 0 saturated heterocycles. The third-order valence-electron chi connectivity index (χ3n) is 5.62. The van der Waals surface area contributed by atoms with Crippen LogP contribution in [-0.4, -0.2) is 10.5 Å². The van der Waals surface area contributed by atoms with Gasteiger partial charge in [0.1, 0.15) is 0 Å². The van der Waals surface area contributed by atoms with Gasteiger partial charge in [0.25, 0.3) is 5.91 Å². The van der Waals surface area contributed by atoms with Crippen molar-refractivity contribution in [3.63, 3.8) is 0 Å². The van der Waals surface area contributed by atoms with Crippen molar-refractivity contribution < 1.29 is 4.79 Å². The van der Waals surface area contributed by atoms with Crippen molar-refractivity contribution in [1.82, 2.24) is 4.57 Å². The third kappa shape index (κ3) is 3.18. The Labute approximate surface area is 173 Å². The Morgan fingerprint density at radius 3 is 2.76 bits per heavy atom. The molecule has 3 aromatic carbocycles. The Balaban J connectivity index is 1.66. The normalized spacial score (nSPS) is 14.1. The third-order valence-corrected chi connectivity index (χ3v) is 6.74. The molecule has 0 N–H and O–H groups in total. The number of carbonyl (C=O) groups excluding carboxylic acids is 1. The second kappa shape index (κ2) is 7.35. The van der Waals surface area contributed by atoms with Gasteiger partial charge in [-0.1, -0.05) is 53.7 Å². The smallest absolute Gasteiger partial charge is 0.279 e. The number of rotatable bonds is 2. The zero-order chi connectivity index (χ0) is 19.8. The maximum atomic E-state index is 13.0. The number of nitrogens with zero attached hydrogens (tertiary/aromatic N) is 2. The van der Waals surface area contributed by atoms with Crippen LogP contribution in [0.3, 0.4) is 0 Å². The van der Waals surface area contributed by atoms with Crippen LogP contribution in [0.15, 0.2) is 59.6 Å². The van der Waals surface area contributed by atoms with E-state index in [2.05, 4.69) is 41.2 Å². The highest BCUT2D eigenvalue weighted by Crippen LogP contribution is 2.28. The van der Waals surface area contributed by atoms with Crippen LogP contribution in [0.2, 0.25) is 0 Å². The van der Waals surface area contributed by atoms with Gasteiger partial charge in [-0.25, -0.2) is 0 Å². The van der Waals surface area contributed by atoms with E-state index in [0.29, 0.717) is 16.9 Å². The number of hydrogen-bond donors (Lipinski definition) is 0. The Kier molecular flexibility index (Phi) is 4.54. The van der Waals surface area contributed by atoms with E-state index in [1.807, 2.05) is 28.8 Å². The molecule has 0 bridgehead atoms. The van der Waals surface area contributed by atoms with Crippen LogP contribution in [0.1, 0.15) is 34.3 Å². The minimum Gasteiger partial charge on any atom is -0.305 e. The van der Waals surface area contributed by atoms with E-state index in [4.69, 9.17) is 6.42 Å². The topological polar surface area (TPSA) is 34.4 Å². The molecule has 1 aliphatic carbocycles. The summed E-state index contributed by atoms with van der Waals surface area (Å²) in [5, 5.41) is 2.32. The monoisotopic (exact) mass is 396 g/mol. The Bertz CT molecular complexity index is 1370. The molecule has 1 heterocycles. The highest BCUT2D eigenvalue weighted by atomic mass is 32.1. The predicted octanol–water partition coefficient (Wildman–Crippen LogP) is 5.11. The summed E-state index contributed by atoms with van der Waals surface area (Å²) in [6, 6.07) is 18.4. The predicted molar refractivity (Wildman–Crippen MR) is 119 cm³/mol. The molecule has 142 valence electrons. The first-order valence-electron chi connectivity index (χ1n) is 9.90. The van der Waals surface area contributed by atoms with E-state index in [1.54, 1.807) is 0 Å². The zero-order valence-electron chi connectivity index (χ0n) is 16.0. The number of terminal acetylenes is 1. The van der Waals surface area contributed by atoms with E-state index in [0.717, 1.165) is 28.4 Å². The molecule has 5 rings (SSSR count). The summed E-state index contributed by atoms with van der Waals surface area (Å²) < 4.78 is 3.07. The fourth-order valence-electron chi connectivity index (χ4n) is 4.15. The average molecular weight is 397 g/mol. The van der Waals surface area contributed by atoms with Gasteiger partial charge in [0.05, 0.1) is 16.8 Å². The van der Waals surface area contributed by atoms with Crippen molar-refractivity contribution in [2.45, 2.75) is 32.2 Å². The molecule has 1 aromatic heterocycles. The summed E-state index contributed by atoms with van der Waals surface area (Å²) in [5.74, 6) is 2.49. The average Bonchev–Trinajstić information content (AvgIpc) is 3.11. The van der Waals surface area contributed by atoms with Crippen LogP contribution in [-0.2, 0) is 19.4 Å². The highest BCUT2D eigenvalue weighted by molar-refractivity contribution is 7.17. The number of carbonyl (C=O) groups is 1. The van der Waals surface area contributed by atoms with Crippen molar-refractivity contribution in [3.05, 3.63) is 76.1 Å². The number of thiazole rings is 1. The lowest BCUT2D eigenvalue weighted by molar-refractivity contribution is 0.0998. The zero-order valence-corrected chi connectivity index (χ0v) is 16.8. The van der Waals surface area contributed by atoms with Crippen molar-refractivity contribution in [1.29, 1.82) is 0 Å². The number of fused-ring (bicyclic) bond motifs is 4. The summed E-state index contributed by atoms with van der Waals surface area (Å²) in [4.78, 5) is 18.1. The molecule has 0 spiro atoms. The summed E-state index contributed by atoms with van der Waals surface area (Å²) >= 11 is 1.53. The first kappa shape index (κ1) is 17.9. The number of benzene rings is 3. The van der Waals surface area contributed by atoms with Crippen LogP contribution in [0.4, 0.5) is 0 Å². The van der Waals surface area contributed by atoms with Crippen molar-refractivity contribution in [3.8, 4) is 12.3 Å².